The van der Waals surface area contributed by atoms with E-state index in [1.54, 1.807) is 0 Å². The predicted molar refractivity (Wildman–Crippen MR) is 108 cm³/mol. The highest BCUT2D eigenvalue weighted by molar-refractivity contribution is 5.78. The van der Waals surface area contributed by atoms with Crippen molar-refractivity contribution in [2.45, 2.75) is 46.1 Å². The molecular formula is C23H30N2O. The molecule has 0 spiro atoms. The summed E-state index contributed by atoms with van der Waals surface area (Å²) in [6.07, 6.45) is 4.10. The molecule has 0 radical (unpaired) electrons. The first-order valence-corrected chi connectivity index (χ1v) is 9.78. The van der Waals surface area contributed by atoms with E-state index in [1.807, 2.05) is 0 Å². The van der Waals surface area contributed by atoms with Gasteiger partial charge in [0.2, 0.25) is 5.91 Å². The molecule has 1 aliphatic rings. The minimum atomic E-state index is 0.0743. The summed E-state index contributed by atoms with van der Waals surface area (Å²) in [5.74, 6) is 0.728. The second-order valence-electron chi connectivity index (χ2n) is 7.73. The van der Waals surface area contributed by atoms with Crippen LogP contribution >= 0.6 is 0 Å². The molecule has 3 heteroatoms. The van der Waals surface area contributed by atoms with Crippen LogP contribution in [0.4, 0.5) is 5.69 Å². The summed E-state index contributed by atoms with van der Waals surface area (Å²) >= 11 is 0. The van der Waals surface area contributed by atoms with Gasteiger partial charge in [-0.15, -0.1) is 0 Å². The molecule has 0 aromatic heterocycles. The Hall–Kier alpha value is -2.29. The van der Waals surface area contributed by atoms with E-state index < -0.39 is 0 Å². The number of carbonyl (C=O) groups is 1. The Balaban J connectivity index is 1.46. The third kappa shape index (κ3) is 5.35. The lowest BCUT2D eigenvalue weighted by molar-refractivity contribution is -0.120. The summed E-state index contributed by atoms with van der Waals surface area (Å²) in [4.78, 5) is 14.6. The summed E-state index contributed by atoms with van der Waals surface area (Å²) in [5, 5.41) is 3.03. The number of anilines is 1. The Morgan fingerprint density at radius 1 is 0.923 bits per heavy atom. The van der Waals surface area contributed by atoms with Gasteiger partial charge in [-0.2, -0.15) is 0 Å². The highest BCUT2D eigenvalue weighted by Gasteiger charge is 2.12. The lowest BCUT2D eigenvalue weighted by atomic mass is 10.0. The Bertz CT molecular complexity index is 698. The Kier molecular flexibility index (Phi) is 6.32. The van der Waals surface area contributed by atoms with E-state index in [4.69, 9.17) is 0 Å². The Morgan fingerprint density at radius 2 is 1.50 bits per heavy atom. The van der Waals surface area contributed by atoms with Gasteiger partial charge in [0.25, 0.3) is 0 Å². The average molecular weight is 351 g/mol. The van der Waals surface area contributed by atoms with Crippen LogP contribution in [-0.2, 0) is 24.2 Å². The maximum Gasteiger partial charge on any atom is 0.224 e. The summed E-state index contributed by atoms with van der Waals surface area (Å²) < 4.78 is 0. The molecule has 138 valence electrons. The normalized spacial score (nSPS) is 14.0. The van der Waals surface area contributed by atoms with Gasteiger partial charge in [-0.1, -0.05) is 50.2 Å². The van der Waals surface area contributed by atoms with Crippen molar-refractivity contribution in [1.82, 2.24) is 5.32 Å². The largest absolute Gasteiger partial charge is 0.372 e. The summed E-state index contributed by atoms with van der Waals surface area (Å²) in [6.45, 7) is 7.35. The van der Waals surface area contributed by atoms with Gasteiger partial charge >= 0.3 is 0 Å². The van der Waals surface area contributed by atoms with Gasteiger partial charge in [-0.3, -0.25) is 4.79 Å². The number of nitrogens with one attached hydrogen (secondary N) is 1. The minimum Gasteiger partial charge on any atom is -0.372 e. The molecule has 26 heavy (non-hydrogen) atoms. The number of nitrogens with zero attached hydrogens (tertiary/aromatic N) is 1. The van der Waals surface area contributed by atoms with Crippen molar-refractivity contribution in [2.24, 2.45) is 5.92 Å². The minimum absolute atomic E-state index is 0.0743. The zero-order chi connectivity index (χ0) is 18.4. The van der Waals surface area contributed by atoms with Gasteiger partial charge < -0.3 is 10.2 Å². The molecular weight excluding hydrogens is 320 g/mol. The molecule has 3 nitrogen and oxygen atoms in total. The third-order valence-corrected chi connectivity index (χ3v) is 4.93. The fraction of sp³-hybridized carbons (Fsp3) is 0.435. The molecule has 2 aromatic rings. The van der Waals surface area contributed by atoms with Crippen LogP contribution in [-0.4, -0.2) is 19.0 Å². The lowest BCUT2D eigenvalue weighted by Crippen LogP contribution is -2.24. The first-order chi connectivity index (χ1) is 12.6. The molecule has 1 aliphatic heterocycles. The average Bonchev–Trinajstić information content (AvgIpc) is 3.16. The van der Waals surface area contributed by atoms with E-state index in [1.165, 1.54) is 24.1 Å². The Labute approximate surface area is 157 Å². The quantitative estimate of drug-likeness (QED) is 0.805. The second-order valence-corrected chi connectivity index (χ2v) is 7.73. The fourth-order valence-corrected chi connectivity index (χ4v) is 3.51. The molecule has 2 aromatic carbocycles. The Morgan fingerprint density at radius 3 is 2.12 bits per heavy atom. The molecule has 0 aliphatic carbocycles. The van der Waals surface area contributed by atoms with Crippen molar-refractivity contribution >= 4 is 11.6 Å². The lowest BCUT2D eigenvalue weighted by Gasteiger charge is -2.17. The van der Waals surface area contributed by atoms with Crippen LogP contribution in [0.1, 0.15) is 43.4 Å². The van der Waals surface area contributed by atoms with E-state index in [0.29, 0.717) is 18.9 Å². The molecule has 0 atom stereocenters. The molecule has 1 amide bonds. The molecule has 1 heterocycles. The van der Waals surface area contributed by atoms with Crippen LogP contribution in [0.5, 0.6) is 0 Å². The standard InChI is InChI=1S/C23H30N2O/c1-18(2)15-19-5-7-20(8-6-19)16-23(26)24-17-21-9-11-22(12-10-21)25-13-3-4-14-25/h5-12,18H,3-4,13-17H2,1-2H3,(H,24,26). The SMILES string of the molecule is CC(C)Cc1ccc(CC(=O)NCc2ccc(N3CCCC3)cc2)cc1. The summed E-state index contributed by atoms with van der Waals surface area (Å²) in [6, 6.07) is 17.0. The highest BCUT2D eigenvalue weighted by atomic mass is 16.1. The number of rotatable bonds is 7. The summed E-state index contributed by atoms with van der Waals surface area (Å²) in [5.41, 5.74) is 4.84. The van der Waals surface area contributed by atoms with Crippen LogP contribution in [0.2, 0.25) is 0 Å². The van der Waals surface area contributed by atoms with Gasteiger partial charge in [0.15, 0.2) is 0 Å². The van der Waals surface area contributed by atoms with Crippen molar-refractivity contribution < 1.29 is 4.79 Å². The molecule has 1 saturated heterocycles. The van der Waals surface area contributed by atoms with E-state index in [9.17, 15) is 4.79 Å². The molecule has 0 unspecified atom stereocenters. The van der Waals surface area contributed by atoms with Crippen LogP contribution in [0.25, 0.3) is 0 Å². The monoisotopic (exact) mass is 350 g/mol. The van der Waals surface area contributed by atoms with Gasteiger partial charge in [0, 0.05) is 25.3 Å². The van der Waals surface area contributed by atoms with Crippen LogP contribution < -0.4 is 10.2 Å². The van der Waals surface area contributed by atoms with E-state index >= 15 is 0 Å². The fourth-order valence-electron chi connectivity index (χ4n) is 3.51. The van der Waals surface area contributed by atoms with Crippen LogP contribution in [0.3, 0.4) is 0 Å². The maximum atomic E-state index is 12.2. The second kappa shape index (κ2) is 8.88. The smallest absolute Gasteiger partial charge is 0.224 e. The maximum absolute atomic E-state index is 12.2. The van der Waals surface area contributed by atoms with Gasteiger partial charge in [0.1, 0.15) is 0 Å². The van der Waals surface area contributed by atoms with Gasteiger partial charge in [0.05, 0.1) is 6.42 Å². The molecule has 0 saturated carbocycles. The van der Waals surface area contributed by atoms with Crippen LogP contribution in [0.15, 0.2) is 48.5 Å². The molecule has 0 bridgehead atoms. The number of hydrogen-bond acceptors (Lipinski definition) is 2. The summed E-state index contributed by atoms with van der Waals surface area (Å²) in [7, 11) is 0. The predicted octanol–water partition coefficient (Wildman–Crippen LogP) is 4.34. The van der Waals surface area contributed by atoms with Crippen molar-refractivity contribution in [3.8, 4) is 0 Å². The first-order valence-electron chi connectivity index (χ1n) is 9.78. The van der Waals surface area contributed by atoms with E-state index in [0.717, 1.165) is 30.6 Å². The highest BCUT2D eigenvalue weighted by Crippen LogP contribution is 2.20. The molecule has 1 N–H and O–H groups in total. The van der Waals surface area contributed by atoms with Crippen molar-refractivity contribution in [3.05, 3.63) is 65.2 Å². The number of benzene rings is 2. The zero-order valence-electron chi connectivity index (χ0n) is 16.0. The van der Waals surface area contributed by atoms with Gasteiger partial charge in [-0.25, -0.2) is 0 Å². The van der Waals surface area contributed by atoms with E-state index in [2.05, 4.69) is 72.6 Å². The van der Waals surface area contributed by atoms with E-state index in [-0.39, 0.29) is 5.91 Å². The van der Waals surface area contributed by atoms with Crippen LogP contribution in [0, 0.1) is 5.92 Å². The number of hydrogen-bond donors (Lipinski definition) is 1. The van der Waals surface area contributed by atoms with Crippen molar-refractivity contribution in [3.63, 3.8) is 0 Å². The topological polar surface area (TPSA) is 32.3 Å². The third-order valence-electron chi connectivity index (χ3n) is 4.93. The van der Waals surface area contributed by atoms with Gasteiger partial charge in [-0.05, 0) is 54.0 Å². The first kappa shape index (κ1) is 18.5. The molecule has 1 fully saturated rings. The zero-order valence-corrected chi connectivity index (χ0v) is 16.0. The number of carbonyl (C=O) groups excluding carboxylic acids is 1. The van der Waals surface area contributed by atoms with Crippen molar-refractivity contribution in [1.29, 1.82) is 0 Å². The molecule has 3 rings (SSSR count). The van der Waals surface area contributed by atoms with Crippen molar-refractivity contribution in [2.75, 3.05) is 18.0 Å². The number of amides is 1.